The van der Waals surface area contributed by atoms with Gasteiger partial charge in [0.2, 0.25) is 0 Å². The summed E-state index contributed by atoms with van der Waals surface area (Å²) in [6.07, 6.45) is 3.51. The zero-order valence-electron chi connectivity index (χ0n) is 15.1. The van der Waals surface area contributed by atoms with Crippen molar-refractivity contribution in [1.82, 2.24) is 10.3 Å². The van der Waals surface area contributed by atoms with Crippen molar-refractivity contribution in [3.8, 4) is 10.6 Å². The summed E-state index contributed by atoms with van der Waals surface area (Å²) in [4.78, 5) is 17.3. The van der Waals surface area contributed by atoms with Gasteiger partial charge in [0, 0.05) is 17.0 Å². The Kier molecular flexibility index (Phi) is 4.37. The molecule has 2 aliphatic carbocycles. The lowest BCUT2D eigenvalue weighted by Crippen LogP contribution is -2.46. The van der Waals surface area contributed by atoms with Gasteiger partial charge in [-0.1, -0.05) is 56.1 Å². The Balaban J connectivity index is 1.54. The third-order valence-electron chi connectivity index (χ3n) is 7.02. The van der Waals surface area contributed by atoms with E-state index in [4.69, 9.17) is 23.2 Å². The lowest BCUT2D eigenvalue weighted by molar-refractivity contribution is 0.0822. The van der Waals surface area contributed by atoms with E-state index in [1.54, 1.807) is 11.4 Å². The zero-order chi connectivity index (χ0) is 18.7. The van der Waals surface area contributed by atoms with Crippen LogP contribution < -0.4 is 5.32 Å². The van der Waals surface area contributed by atoms with E-state index in [0.717, 1.165) is 12.0 Å². The van der Waals surface area contributed by atoms with Crippen LogP contribution in [-0.2, 0) is 0 Å². The van der Waals surface area contributed by atoms with Gasteiger partial charge in [0.1, 0.15) is 10.7 Å². The van der Waals surface area contributed by atoms with Gasteiger partial charge in [0.05, 0.1) is 10.0 Å². The second kappa shape index (κ2) is 6.22. The van der Waals surface area contributed by atoms with Crippen molar-refractivity contribution < 1.29 is 4.79 Å². The summed E-state index contributed by atoms with van der Waals surface area (Å²) in [6, 6.07) is 5.66. The van der Waals surface area contributed by atoms with Crippen molar-refractivity contribution in [2.24, 2.45) is 16.7 Å². The maximum Gasteiger partial charge on any atom is 0.271 e. The van der Waals surface area contributed by atoms with Gasteiger partial charge in [-0.15, -0.1) is 11.3 Å². The Bertz CT molecular complexity index is 878. The van der Waals surface area contributed by atoms with Gasteiger partial charge in [0.25, 0.3) is 5.91 Å². The number of halogens is 2. The summed E-state index contributed by atoms with van der Waals surface area (Å²) in [5, 5.41) is 6.72. The summed E-state index contributed by atoms with van der Waals surface area (Å²) in [5.74, 6) is 0.592. The van der Waals surface area contributed by atoms with Gasteiger partial charge in [-0.25, -0.2) is 4.98 Å². The number of rotatable bonds is 3. The molecule has 4 rings (SSSR count). The van der Waals surface area contributed by atoms with Crippen LogP contribution in [0.3, 0.4) is 0 Å². The molecule has 0 aliphatic heterocycles. The van der Waals surface area contributed by atoms with Crippen LogP contribution in [0.15, 0.2) is 23.6 Å². The van der Waals surface area contributed by atoms with Gasteiger partial charge < -0.3 is 5.32 Å². The number of nitrogens with one attached hydrogen (secondary N) is 1. The number of benzene rings is 1. The highest BCUT2D eigenvalue weighted by Gasteiger charge is 2.61. The largest absolute Gasteiger partial charge is 0.347 e. The zero-order valence-corrected chi connectivity index (χ0v) is 17.4. The predicted molar refractivity (Wildman–Crippen MR) is 108 cm³/mol. The van der Waals surface area contributed by atoms with Gasteiger partial charge in [-0.05, 0) is 42.1 Å². The Morgan fingerprint density at radius 3 is 2.73 bits per heavy atom. The maximum atomic E-state index is 12.8. The van der Waals surface area contributed by atoms with Crippen LogP contribution in [0, 0.1) is 16.7 Å². The SMILES string of the molecule is CC1(C)[C@@H]2CC[C@@]1(C)[C@H](NC(=O)c1csc(-c3cccc(Cl)c3Cl)n1)C2. The molecule has 0 spiro atoms. The van der Waals surface area contributed by atoms with E-state index in [-0.39, 0.29) is 22.8 Å². The molecule has 6 heteroatoms. The Morgan fingerprint density at radius 2 is 2.08 bits per heavy atom. The number of hydrogen-bond donors (Lipinski definition) is 1. The van der Waals surface area contributed by atoms with E-state index >= 15 is 0 Å². The molecule has 26 heavy (non-hydrogen) atoms. The smallest absolute Gasteiger partial charge is 0.271 e. The summed E-state index contributed by atoms with van der Waals surface area (Å²) in [7, 11) is 0. The molecule has 1 amide bonds. The Morgan fingerprint density at radius 1 is 1.31 bits per heavy atom. The first-order valence-corrected chi connectivity index (χ1v) is 10.6. The fourth-order valence-electron chi connectivity index (χ4n) is 4.82. The molecule has 1 N–H and O–H groups in total. The lowest BCUT2D eigenvalue weighted by Gasteiger charge is -2.39. The van der Waals surface area contributed by atoms with E-state index in [2.05, 4.69) is 31.1 Å². The third kappa shape index (κ3) is 2.61. The number of carbonyl (C=O) groups excluding carboxylic acids is 1. The van der Waals surface area contributed by atoms with Crippen LogP contribution in [0.2, 0.25) is 10.0 Å². The second-order valence-electron chi connectivity index (χ2n) is 8.28. The van der Waals surface area contributed by atoms with E-state index in [1.165, 1.54) is 24.2 Å². The fraction of sp³-hybridized carbons (Fsp3) is 0.500. The number of hydrogen-bond acceptors (Lipinski definition) is 3. The quantitative estimate of drug-likeness (QED) is 0.669. The van der Waals surface area contributed by atoms with Crippen molar-refractivity contribution in [1.29, 1.82) is 0 Å². The Hall–Kier alpha value is -1.10. The molecule has 1 heterocycles. The highest BCUT2D eigenvalue weighted by Crippen LogP contribution is 2.65. The van der Waals surface area contributed by atoms with Crippen molar-refractivity contribution in [2.45, 2.75) is 46.1 Å². The first-order valence-electron chi connectivity index (χ1n) is 8.95. The van der Waals surface area contributed by atoms with Crippen LogP contribution in [0.5, 0.6) is 0 Å². The third-order valence-corrected chi connectivity index (χ3v) is 8.71. The molecule has 3 atom stereocenters. The van der Waals surface area contributed by atoms with Crippen molar-refractivity contribution >= 4 is 40.4 Å². The number of fused-ring (bicyclic) bond motifs is 2. The van der Waals surface area contributed by atoms with Crippen molar-refractivity contribution in [2.75, 3.05) is 0 Å². The molecule has 138 valence electrons. The molecule has 2 aromatic rings. The Labute approximate surface area is 168 Å². The molecule has 2 saturated carbocycles. The number of aromatic nitrogens is 1. The van der Waals surface area contributed by atoms with E-state index in [1.807, 2.05) is 12.1 Å². The molecule has 0 saturated heterocycles. The molecule has 2 bridgehead atoms. The highest BCUT2D eigenvalue weighted by atomic mass is 35.5. The molecule has 0 unspecified atom stereocenters. The molecule has 1 aromatic heterocycles. The number of nitrogens with zero attached hydrogens (tertiary/aromatic N) is 1. The topological polar surface area (TPSA) is 42.0 Å². The van der Waals surface area contributed by atoms with Crippen LogP contribution in [0.25, 0.3) is 10.6 Å². The summed E-state index contributed by atoms with van der Waals surface area (Å²) >= 11 is 13.8. The number of carbonyl (C=O) groups is 1. The monoisotopic (exact) mass is 408 g/mol. The fourth-order valence-corrected chi connectivity index (χ4v) is 6.10. The second-order valence-corrected chi connectivity index (χ2v) is 9.92. The van der Waals surface area contributed by atoms with Gasteiger partial charge >= 0.3 is 0 Å². The van der Waals surface area contributed by atoms with E-state index in [0.29, 0.717) is 26.7 Å². The van der Waals surface area contributed by atoms with E-state index < -0.39 is 0 Å². The maximum absolute atomic E-state index is 12.8. The van der Waals surface area contributed by atoms with Gasteiger partial charge in [-0.3, -0.25) is 4.79 Å². The average Bonchev–Trinajstić information content (AvgIpc) is 3.21. The average molecular weight is 409 g/mol. The molecule has 0 radical (unpaired) electrons. The molecular weight excluding hydrogens is 387 g/mol. The van der Waals surface area contributed by atoms with E-state index in [9.17, 15) is 4.79 Å². The number of amides is 1. The van der Waals surface area contributed by atoms with Crippen molar-refractivity contribution in [3.05, 3.63) is 39.3 Å². The van der Waals surface area contributed by atoms with Crippen LogP contribution in [0.1, 0.15) is 50.5 Å². The first-order chi connectivity index (χ1) is 12.2. The van der Waals surface area contributed by atoms with Crippen LogP contribution in [-0.4, -0.2) is 16.9 Å². The standard InChI is InChI=1S/C20H22Cl2N2OS/c1-19(2)11-7-8-20(19,3)15(9-11)24-17(25)14-10-26-18(23-14)12-5-4-6-13(21)16(12)22/h4-6,10-11,15H,7-9H2,1-3H3,(H,24,25)/t11-,15-,20+/m1/s1. The van der Waals surface area contributed by atoms with Gasteiger partial charge in [0.15, 0.2) is 0 Å². The minimum absolute atomic E-state index is 0.0970. The lowest BCUT2D eigenvalue weighted by atomic mass is 9.69. The highest BCUT2D eigenvalue weighted by molar-refractivity contribution is 7.13. The molecule has 1 aromatic carbocycles. The van der Waals surface area contributed by atoms with Gasteiger partial charge in [-0.2, -0.15) is 0 Å². The normalized spacial score (nSPS) is 29.1. The molecular formula is C20H22Cl2N2OS. The van der Waals surface area contributed by atoms with Crippen LogP contribution in [0.4, 0.5) is 0 Å². The predicted octanol–water partition coefficient (Wildman–Crippen LogP) is 6.06. The van der Waals surface area contributed by atoms with Crippen molar-refractivity contribution in [3.63, 3.8) is 0 Å². The number of thiazole rings is 1. The summed E-state index contributed by atoms with van der Waals surface area (Å²) in [5.41, 5.74) is 1.64. The first kappa shape index (κ1) is 18.3. The van der Waals surface area contributed by atoms with Crippen LogP contribution >= 0.6 is 34.5 Å². The molecule has 3 nitrogen and oxygen atoms in total. The molecule has 2 aliphatic rings. The minimum Gasteiger partial charge on any atom is -0.347 e. The minimum atomic E-state index is -0.0970. The summed E-state index contributed by atoms with van der Waals surface area (Å²) in [6.45, 7) is 7.01. The molecule has 2 fully saturated rings. The summed E-state index contributed by atoms with van der Waals surface area (Å²) < 4.78 is 0.